The number of rotatable bonds is 5. The van der Waals surface area contributed by atoms with Gasteiger partial charge >= 0.3 is 6.03 Å². The molecule has 1 unspecified atom stereocenters. The second-order valence-corrected chi connectivity index (χ2v) is 6.75. The first kappa shape index (κ1) is 18.0. The number of anilines is 1. The van der Waals surface area contributed by atoms with Gasteiger partial charge in [-0.05, 0) is 37.8 Å². The quantitative estimate of drug-likeness (QED) is 0.890. The average molecular weight is 347 g/mol. The summed E-state index contributed by atoms with van der Waals surface area (Å²) in [6, 6.07) is 7.84. The lowest BCUT2D eigenvalue weighted by Gasteiger charge is -2.37. The van der Waals surface area contributed by atoms with Gasteiger partial charge in [-0.25, -0.2) is 4.79 Å². The Hall–Kier alpha value is -1.79. The van der Waals surface area contributed by atoms with Crippen LogP contribution >= 0.6 is 0 Å². The standard InChI is InChI=1S/C19H29N3O3/c1-24-18-7-4-5-16(15-18)20-19(23)22-9-3-2-6-17(22)8-10-21-11-13-25-14-12-21/h4-5,7,15,17H,2-3,6,8-14H2,1H3,(H,20,23). The number of amides is 2. The van der Waals surface area contributed by atoms with E-state index in [-0.39, 0.29) is 6.03 Å². The lowest BCUT2D eigenvalue weighted by molar-refractivity contribution is 0.0329. The highest BCUT2D eigenvalue weighted by atomic mass is 16.5. The molecule has 6 nitrogen and oxygen atoms in total. The van der Waals surface area contributed by atoms with Gasteiger partial charge in [0.2, 0.25) is 0 Å². The summed E-state index contributed by atoms with van der Waals surface area (Å²) in [6.45, 7) is 5.53. The van der Waals surface area contributed by atoms with E-state index >= 15 is 0 Å². The van der Waals surface area contributed by atoms with Gasteiger partial charge in [0, 0.05) is 44.0 Å². The summed E-state index contributed by atoms with van der Waals surface area (Å²) in [7, 11) is 1.63. The van der Waals surface area contributed by atoms with Crippen molar-refractivity contribution >= 4 is 11.7 Å². The molecule has 0 aliphatic carbocycles. The third-order valence-electron chi connectivity index (χ3n) is 5.09. The molecule has 3 rings (SSSR count). The average Bonchev–Trinajstić information content (AvgIpc) is 2.67. The van der Waals surface area contributed by atoms with Crippen LogP contribution in [0, 0.1) is 0 Å². The number of carbonyl (C=O) groups is 1. The van der Waals surface area contributed by atoms with Gasteiger partial charge in [-0.2, -0.15) is 0 Å². The maximum atomic E-state index is 12.8. The van der Waals surface area contributed by atoms with Gasteiger partial charge in [-0.3, -0.25) is 4.90 Å². The van der Waals surface area contributed by atoms with Gasteiger partial charge in [0.1, 0.15) is 5.75 Å². The minimum absolute atomic E-state index is 0.0000643. The zero-order chi connectivity index (χ0) is 17.5. The van der Waals surface area contributed by atoms with Crippen LogP contribution in [0.2, 0.25) is 0 Å². The van der Waals surface area contributed by atoms with Crippen molar-refractivity contribution in [1.29, 1.82) is 0 Å². The number of morpholine rings is 1. The Labute approximate surface area is 150 Å². The van der Waals surface area contributed by atoms with E-state index in [9.17, 15) is 4.79 Å². The lowest BCUT2D eigenvalue weighted by atomic mass is 9.99. The normalized spacial score (nSPS) is 21.8. The van der Waals surface area contributed by atoms with E-state index in [1.807, 2.05) is 29.2 Å². The van der Waals surface area contributed by atoms with Crippen LogP contribution in [0.3, 0.4) is 0 Å². The topological polar surface area (TPSA) is 54.0 Å². The van der Waals surface area contributed by atoms with E-state index in [1.54, 1.807) is 7.11 Å². The molecule has 25 heavy (non-hydrogen) atoms. The predicted octanol–water partition coefficient (Wildman–Crippen LogP) is 2.80. The Morgan fingerprint density at radius 2 is 2.12 bits per heavy atom. The van der Waals surface area contributed by atoms with Crippen molar-refractivity contribution in [2.24, 2.45) is 0 Å². The third kappa shape index (κ3) is 5.09. The predicted molar refractivity (Wildman–Crippen MR) is 98.2 cm³/mol. The summed E-state index contributed by atoms with van der Waals surface area (Å²) < 4.78 is 10.6. The smallest absolute Gasteiger partial charge is 0.322 e. The molecule has 2 aliphatic heterocycles. The number of hydrogen-bond donors (Lipinski definition) is 1. The van der Waals surface area contributed by atoms with E-state index in [1.165, 1.54) is 6.42 Å². The molecule has 0 aromatic heterocycles. The van der Waals surface area contributed by atoms with Crippen LogP contribution in [0.15, 0.2) is 24.3 Å². The molecule has 2 fully saturated rings. The molecule has 138 valence electrons. The molecule has 1 atom stereocenters. The Balaban J connectivity index is 1.56. The Kier molecular flexibility index (Phi) is 6.53. The van der Waals surface area contributed by atoms with E-state index in [0.717, 1.165) is 70.1 Å². The first-order chi connectivity index (χ1) is 12.3. The maximum absolute atomic E-state index is 12.8. The van der Waals surface area contributed by atoms with Crippen molar-refractivity contribution in [3.63, 3.8) is 0 Å². The Morgan fingerprint density at radius 1 is 1.28 bits per heavy atom. The number of nitrogens with one attached hydrogen (secondary N) is 1. The third-order valence-corrected chi connectivity index (χ3v) is 5.09. The highest BCUT2D eigenvalue weighted by Crippen LogP contribution is 2.23. The summed E-state index contributed by atoms with van der Waals surface area (Å²) in [5, 5.41) is 3.03. The van der Waals surface area contributed by atoms with Crippen molar-refractivity contribution in [3.05, 3.63) is 24.3 Å². The van der Waals surface area contributed by atoms with Crippen molar-refractivity contribution in [2.45, 2.75) is 31.7 Å². The van der Waals surface area contributed by atoms with Crippen molar-refractivity contribution < 1.29 is 14.3 Å². The molecule has 6 heteroatoms. The van der Waals surface area contributed by atoms with E-state index < -0.39 is 0 Å². The van der Waals surface area contributed by atoms with Gasteiger partial charge in [0.25, 0.3) is 0 Å². The molecule has 0 bridgehead atoms. The van der Waals surface area contributed by atoms with Crippen molar-refractivity contribution in [3.8, 4) is 5.75 Å². The van der Waals surface area contributed by atoms with Gasteiger partial charge in [0.05, 0.1) is 20.3 Å². The molecule has 0 saturated carbocycles. The van der Waals surface area contributed by atoms with Gasteiger partial charge < -0.3 is 19.7 Å². The van der Waals surface area contributed by atoms with Crippen LogP contribution in [0.25, 0.3) is 0 Å². The van der Waals surface area contributed by atoms with E-state index in [0.29, 0.717) is 6.04 Å². The lowest BCUT2D eigenvalue weighted by Crippen LogP contribution is -2.48. The molecular formula is C19H29N3O3. The Morgan fingerprint density at radius 3 is 2.92 bits per heavy atom. The van der Waals surface area contributed by atoms with E-state index in [4.69, 9.17) is 9.47 Å². The first-order valence-corrected chi connectivity index (χ1v) is 9.28. The van der Waals surface area contributed by atoms with Crippen LogP contribution in [0.4, 0.5) is 10.5 Å². The maximum Gasteiger partial charge on any atom is 0.322 e. The monoisotopic (exact) mass is 347 g/mol. The van der Waals surface area contributed by atoms with Crippen LogP contribution < -0.4 is 10.1 Å². The summed E-state index contributed by atoms with van der Waals surface area (Å²) in [4.78, 5) is 17.2. The highest BCUT2D eigenvalue weighted by molar-refractivity contribution is 5.89. The number of nitrogens with zero attached hydrogens (tertiary/aromatic N) is 2. The summed E-state index contributed by atoms with van der Waals surface area (Å²) in [5.74, 6) is 0.750. The largest absolute Gasteiger partial charge is 0.497 e. The van der Waals surface area contributed by atoms with E-state index in [2.05, 4.69) is 10.2 Å². The minimum atomic E-state index is -0.0000643. The fourth-order valence-corrected chi connectivity index (χ4v) is 3.62. The zero-order valence-electron chi connectivity index (χ0n) is 15.1. The summed E-state index contributed by atoms with van der Waals surface area (Å²) in [5.41, 5.74) is 0.779. The van der Waals surface area contributed by atoms with Gasteiger partial charge in [-0.15, -0.1) is 0 Å². The fraction of sp³-hybridized carbons (Fsp3) is 0.632. The molecule has 2 amide bonds. The molecule has 0 radical (unpaired) electrons. The molecule has 1 N–H and O–H groups in total. The number of ether oxygens (including phenoxy) is 2. The second kappa shape index (κ2) is 9.06. The molecule has 2 aliphatic rings. The zero-order valence-corrected chi connectivity index (χ0v) is 15.1. The molecule has 1 aromatic rings. The number of urea groups is 1. The van der Waals surface area contributed by atoms with Gasteiger partial charge in [-0.1, -0.05) is 6.07 Å². The molecular weight excluding hydrogens is 318 g/mol. The van der Waals surface area contributed by atoms with Crippen LogP contribution in [0.5, 0.6) is 5.75 Å². The molecule has 0 spiro atoms. The Bertz CT molecular complexity index is 561. The first-order valence-electron chi connectivity index (χ1n) is 9.28. The number of likely N-dealkylation sites (tertiary alicyclic amines) is 1. The molecule has 2 saturated heterocycles. The number of methoxy groups -OCH3 is 1. The molecule has 2 heterocycles. The number of piperidine rings is 1. The SMILES string of the molecule is COc1cccc(NC(=O)N2CCCCC2CCN2CCOCC2)c1. The number of hydrogen-bond acceptors (Lipinski definition) is 4. The minimum Gasteiger partial charge on any atom is -0.497 e. The van der Waals surface area contributed by atoms with Crippen LogP contribution in [-0.2, 0) is 4.74 Å². The summed E-state index contributed by atoms with van der Waals surface area (Å²) >= 11 is 0. The van der Waals surface area contributed by atoms with Crippen molar-refractivity contribution in [1.82, 2.24) is 9.80 Å². The fourth-order valence-electron chi connectivity index (χ4n) is 3.62. The number of carbonyl (C=O) groups excluding carboxylic acids is 1. The second-order valence-electron chi connectivity index (χ2n) is 6.75. The highest BCUT2D eigenvalue weighted by Gasteiger charge is 2.27. The van der Waals surface area contributed by atoms with Crippen LogP contribution in [0.1, 0.15) is 25.7 Å². The molecule has 1 aromatic carbocycles. The summed E-state index contributed by atoms with van der Waals surface area (Å²) in [6.07, 6.45) is 4.41. The van der Waals surface area contributed by atoms with Gasteiger partial charge in [0.15, 0.2) is 0 Å². The number of benzene rings is 1. The van der Waals surface area contributed by atoms with Crippen LogP contribution in [-0.4, -0.2) is 68.4 Å². The van der Waals surface area contributed by atoms with Crippen molar-refractivity contribution in [2.75, 3.05) is 51.8 Å².